The van der Waals surface area contributed by atoms with Crippen LogP contribution < -0.4 is 0 Å². The van der Waals surface area contributed by atoms with Crippen LogP contribution in [-0.4, -0.2) is 28.2 Å². The average molecular weight is 222 g/mol. The fraction of sp³-hybridized carbons (Fsp3) is 0.769. The van der Waals surface area contributed by atoms with Crippen molar-refractivity contribution >= 4 is 5.78 Å². The number of carbonyl (C=O) groups is 1. The molecule has 2 aliphatic heterocycles. The van der Waals surface area contributed by atoms with Gasteiger partial charge in [0.15, 0.2) is 0 Å². The molecule has 0 amide bonds. The molecule has 0 radical (unpaired) electrons. The van der Waals surface area contributed by atoms with Crippen molar-refractivity contribution in [1.29, 1.82) is 0 Å². The number of carbonyl (C=O) groups excluding carboxylic acids is 1. The van der Waals surface area contributed by atoms with E-state index in [-0.39, 0.29) is 17.6 Å². The Morgan fingerprint density at radius 3 is 3.00 bits per heavy atom. The van der Waals surface area contributed by atoms with E-state index in [4.69, 9.17) is 4.74 Å². The summed E-state index contributed by atoms with van der Waals surface area (Å²) in [6.45, 7) is 3.88. The van der Waals surface area contributed by atoms with Crippen molar-refractivity contribution in [3.8, 4) is 0 Å². The van der Waals surface area contributed by atoms with Gasteiger partial charge in [-0.1, -0.05) is 19.1 Å². The van der Waals surface area contributed by atoms with Crippen LogP contribution in [0.4, 0.5) is 0 Å². The van der Waals surface area contributed by atoms with Crippen molar-refractivity contribution in [2.24, 2.45) is 11.8 Å². The molecule has 3 aliphatic rings. The van der Waals surface area contributed by atoms with E-state index < -0.39 is 17.3 Å². The number of fused-ring (bicyclic) bond motifs is 1. The van der Waals surface area contributed by atoms with Gasteiger partial charge >= 0.3 is 0 Å². The summed E-state index contributed by atoms with van der Waals surface area (Å²) in [7, 11) is 0. The number of hydrogen-bond acceptors (Lipinski definition) is 3. The van der Waals surface area contributed by atoms with Gasteiger partial charge in [0, 0.05) is 5.92 Å². The van der Waals surface area contributed by atoms with Crippen LogP contribution >= 0.6 is 0 Å². The summed E-state index contributed by atoms with van der Waals surface area (Å²) in [5.41, 5.74) is -0.958. The highest BCUT2D eigenvalue weighted by Crippen LogP contribution is 2.53. The predicted octanol–water partition coefficient (Wildman–Crippen LogP) is 1.45. The summed E-state index contributed by atoms with van der Waals surface area (Å²) in [6, 6.07) is 0. The van der Waals surface area contributed by atoms with E-state index in [0.717, 1.165) is 19.3 Å². The highest BCUT2D eigenvalue weighted by Gasteiger charge is 2.61. The molecule has 3 rings (SSSR count). The maximum atomic E-state index is 12.4. The molecule has 1 spiro atoms. The lowest BCUT2D eigenvalue weighted by molar-refractivity contribution is -0.204. The summed E-state index contributed by atoms with van der Waals surface area (Å²) < 4.78 is 6.14. The molecule has 0 aromatic carbocycles. The lowest BCUT2D eigenvalue weighted by atomic mass is 9.67. The van der Waals surface area contributed by atoms with Gasteiger partial charge in [0.25, 0.3) is 0 Å². The molecular weight excluding hydrogens is 204 g/mol. The summed E-state index contributed by atoms with van der Waals surface area (Å²) in [5.74, 6) is -0.328. The van der Waals surface area contributed by atoms with Crippen LogP contribution in [0.2, 0.25) is 0 Å². The molecule has 3 heteroatoms. The quantitative estimate of drug-likeness (QED) is 0.631. The third-order valence-corrected chi connectivity index (χ3v) is 4.68. The molecule has 0 aromatic rings. The smallest absolute Gasteiger partial charge is 0.147 e. The lowest BCUT2D eigenvalue weighted by Crippen LogP contribution is -2.60. The summed E-state index contributed by atoms with van der Waals surface area (Å²) in [6.07, 6.45) is 6.03. The van der Waals surface area contributed by atoms with Crippen LogP contribution in [0.5, 0.6) is 0 Å². The van der Waals surface area contributed by atoms with Gasteiger partial charge in [0.2, 0.25) is 0 Å². The Kier molecular flexibility index (Phi) is 1.94. The lowest BCUT2D eigenvalue weighted by Gasteiger charge is -2.50. The van der Waals surface area contributed by atoms with Crippen LogP contribution in [-0.2, 0) is 9.53 Å². The molecule has 16 heavy (non-hydrogen) atoms. The monoisotopic (exact) mass is 222 g/mol. The second kappa shape index (κ2) is 2.96. The van der Waals surface area contributed by atoms with Crippen LogP contribution in [0.3, 0.4) is 0 Å². The Morgan fingerprint density at radius 2 is 2.25 bits per heavy atom. The Hall–Kier alpha value is -0.670. The zero-order chi connectivity index (χ0) is 11.6. The van der Waals surface area contributed by atoms with Crippen molar-refractivity contribution in [2.45, 2.75) is 50.4 Å². The van der Waals surface area contributed by atoms with Gasteiger partial charge in [0.1, 0.15) is 5.78 Å². The Bertz CT molecular complexity index is 375. The van der Waals surface area contributed by atoms with E-state index in [1.54, 1.807) is 0 Å². The van der Waals surface area contributed by atoms with E-state index >= 15 is 0 Å². The van der Waals surface area contributed by atoms with Gasteiger partial charge in [0.05, 0.1) is 23.2 Å². The van der Waals surface area contributed by atoms with Crippen molar-refractivity contribution in [3.05, 3.63) is 12.2 Å². The number of ether oxygens (including phenoxy) is 1. The zero-order valence-electron chi connectivity index (χ0n) is 9.77. The summed E-state index contributed by atoms with van der Waals surface area (Å²) in [4.78, 5) is 12.4. The fourth-order valence-electron chi connectivity index (χ4n) is 3.54. The summed E-state index contributed by atoms with van der Waals surface area (Å²) >= 11 is 0. The molecule has 0 aromatic heterocycles. The first kappa shape index (κ1) is 10.5. The second-order valence-electron chi connectivity index (χ2n) is 5.64. The number of hydrogen-bond donors (Lipinski definition) is 1. The molecule has 0 unspecified atom stereocenters. The van der Waals surface area contributed by atoms with Gasteiger partial charge in [-0.3, -0.25) is 4.79 Å². The van der Waals surface area contributed by atoms with Gasteiger partial charge in [-0.25, -0.2) is 0 Å². The van der Waals surface area contributed by atoms with Crippen LogP contribution in [0.15, 0.2) is 12.2 Å². The van der Waals surface area contributed by atoms with E-state index in [1.807, 2.05) is 26.0 Å². The summed E-state index contributed by atoms with van der Waals surface area (Å²) in [5, 5.41) is 10.1. The zero-order valence-corrected chi connectivity index (χ0v) is 9.77. The van der Waals surface area contributed by atoms with Crippen LogP contribution in [0, 0.1) is 11.8 Å². The van der Waals surface area contributed by atoms with Crippen LogP contribution in [0.1, 0.15) is 33.1 Å². The first-order chi connectivity index (χ1) is 7.49. The molecular formula is C13H18O3. The van der Waals surface area contributed by atoms with E-state index in [2.05, 4.69) is 0 Å². The Labute approximate surface area is 95.5 Å². The molecule has 1 saturated heterocycles. The first-order valence-electron chi connectivity index (χ1n) is 6.11. The standard InChI is InChI=1S/C13H18O3/c1-8-11(15)10-9(14)4-3-5-13(10)7-6-12(8,2)16-13/h6-10,14H,3-5H2,1-2H3/t8-,9-,10-,12-,13+/m1/s1. The Balaban J connectivity index is 2.08. The van der Waals surface area contributed by atoms with Crippen LogP contribution in [0.25, 0.3) is 0 Å². The molecule has 1 N–H and O–H groups in total. The minimum atomic E-state index is -0.531. The number of aliphatic hydroxyl groups is 1. The molecule has 2 heterocycles. The minimum absolute atomic E-state index is 0.155. The van der Waals surface area contributed by atoms with Crippen molar-refractivity contribution < 1.29 is 14.6 Å². The number of Topliss-reactive ketones (excluding diaryl/α,β-unsaturated/α-hetero) is 1. The first-order valence-corrected chi connectivity index (χ1v) is 6.11. The maximum Gasteiger partial charge on any atom is 0.147 e. The van der Waals surface area contributed by atoms with Crippen molar-refractivity contribution in [1.82, 2.24) is 0 Å². The third-order valence-electron chi connectivity index (χ3n) is 4.68. The molecule has 2 fully saturated rings. The normalized spacial score (nSPS) is 55.2. The molecule has 3 nitrogen and oxygen atoms in total. The Morgan fingerprint density at radius 1 is 1.50 bits per heavy atom. The minimum Gasteiger partial charge on any atom is -0.392 e. The average Bonchev–Trinajstić information content (AvgIpc) is 2.52. The maximum absolute atomic E-state index is 12.4. The highest BCUT2D eigenvalue weighted by atomic mass is 16.5. The van der Waals surface area contributed by atoms with E-state index in [0.29, 0.717) is 0 Å². The van der Waals surface area contributed by atoms with Gasteiger partial charge in [-0.15, -0.1) is 0 Å². The topological polar surface area (TPSA) is 46.5 Å². The van der Waals surface area contributed by atoms with Gasteiger partial charge in [-0.05, 0) is 26.2 Å². The fourth-order valence-corrected chi connectivity index (χ4v) is 3.54. The number of aliphatic hydroxyl groups excluding tert-OH is 1. The third kappa shape index (κ3) is 1.08. The van der Waals surface area contributed by atoms with Gasteiger partial charge < -0.3 is 9.84 Å². The SMILES string of the molecule is C[C@@H]1C(=O)[C@H]2[C@H](O)CCC[C@]23C=C[C@@]1(C)O3. The molecule has 1 aliphatic carbocycles. The largest absolute Gasteiger partial charge is 0.392 e. The van der Waals surface area contributed by atoms with E-state index in [9.17, 15) is 9.90 Å². The second-order valence-corrected chi connectivity index (χ2v) is 5.64. The van der Waals surface area contributed by atoms with Crippen molar-refractivity contribution in [2.75, 3.05) is 0 Å². The van der Waals surface area contributed by atoms with Crippen molar-refractivity contribution in [3.63, 3.8) is 0 Å². The predicted molar refractivity (Wildman–Crippen MR) is 58.9 cm³/mol. The number of rotatable bonds is 0. The molecule has 5 atom stereocenters. The molecule has 88 valence electrons. The highest BCUT2D eigenvalue weighted by molar-refractivity contribution is 5.88. The molecule has 1 saturated carbocycles. The van der Waals surface area contributed by atoms with Gasteiger partial charge in [-0.2, -0.15) is 0 Å². The van der Waals surface area contributed by atoms with E-state index in [1.165, 1.54) is 0 Å². The number of ketones is 1. The molecule has 2 bridgehead atoms.